The summed E-state index contributed by atoms with van der Waals surface area (Å²) in [4.78, 5) is 12.1. The third-order valence-electron chi connectivity index (χ3n) is 4.20. The van der Waals surface area contributed by atoms with Crippen LogP contribution >= 0.6 is 0 Å². The number of cyclic esters (lactones) is 1. The molecule has 0 N–H and O–H groups in total. The van der Waals surface area contributed by atoms with Gasteiger partial charge in [0.1, 0.15) is 6.61 Å². The van der Waals surface area contributed by atoms with Crippen LogP contribution in [0.15, 0.2) is 90.4 Å². The van der Waals surface area contributed by atoms with Gasteiger partial charge in [0.05, 0.1) is 11.8 Å². The Balaban J connectivity index is 1.82. The highest BCUT2D eigenvalue weighted by Gasteiger charge is 2.33. The van der Waals surface area contributed by atoms with Crippen LogP contribution in [0, 0.1) is 5.92 Å². The molecule has 0 amide bonds. The Kier molecular flexibility index (Phi) is 3.75. The van der Waals surface area contributed by atoms with E-state index in [4.69, 9.17) is 9.47 Å². The average Bonchev–Trinajstić information content (AvgIpc) is 3.03. The van der Waals surface area contributed by atoms with Crippen LogP contribution in [0.25, 0.3) is 5.57 Å². The second-order valence-electron chi connectivity index (χ2n) is 5.70. The van der Waals surface area contributed by atoms with Gasteiger partial charge >= 0.3 is 5.97 Å². The molecule has 2 aliphatic rings. The smallest absolute Gasteiger partial charge is 0.338 e. The molecule has 0 saturated heterocycles. The van der Waals surface area contributed by atoms with Crippen molar-refractivity contribution >= 4 is 11.5 Å². The summed E-state index contributed by atoms with van der Waals surface area (Å²) in [6.07, 6.45) is 5.62. The Bertz CT molecular complexity index is 804. The van der Waals surface area contributed by atoms with Gasteiger partial charge in [-0.2, -0.15) is 0 Å². The molecule has 2 aromatic carbocycles. The molecule has 2 aliphatic heterocycles. The Hall–Kier alpha value is -3.07. The number of carbonyl (C=O) groups is 1. The molecule has 0 saturated carbocycles. The van der Waals surface area contributed by atoms with E-state index in [0.717, 1.165) is 16.7 Å². The monoisotopic (exact) mass is 316 g/mol. The van der Waals surface area contributed by atoms with Gasteiger partial charge in [-0.15, -0.1) is 0 Å². The minimum atomic E-state index is -0.295. The maximum Gasteiger partial charge on any atom is 0.338 e. The molecule has 0 aliphatic carbocycles. The zero-order valence-electron chi connectivity index (χ0n) is 13.0. The summed E-state index contributed by atoms with van der Waals surface area (Å²) < 4.78 is 10.5. The van der Waals surface area contributed by atoms with Crippen LogP contribution in [-0.4, -0.2) is 12.6 Å². The highest BCUT2D eigenvalue weighted by Crippen LogP contribution is 2.34. The summed E-state index contributed by atoms with van der Waals surface area (Å²) in [5.74, 6) is 0.166. The summed E-state index contributed by atoms with van der Waals surface area (Å²) in [5, 5.41) is 0. The van der Waals surface area contributed by atoms with Crippen LogP contribution < -0.4 is 0 Å². The van der Waals surface area contributed by atoms with Crippen LogP contribution in [0.5, 0.6) is 0 Å². The lowest BCUT2D eigenvalue weighted by Crippen LogP contribution is -2.11. The number of rotatable bonds is 3. The predicted octanol–water partition coefficient (Wildman–Crippen LogP) is 4.09. The summed E-state index contributed by atoms with van der Waals surface area (Å²) in [7, 11) is 0. The first kappa shape index (κ1) is 14.5. The molecular formula is C21H16O3. The molecule has 1 unspecified atom stereocenters. The molecule has 2 aromatic rings. The molecule has 3 nitrogen and oxygen atoms in total. The third-order valence-corrected chi connectivity index (χ3v) is 4.20. The van der Waals surface area contributed by atoms with Gasteiger partial charge in [0.2, 0.25) is 0 Å². The van der Waals surface area contributed by atoms with Crippen molar-refractivity contribution < 1.29 is 14.3 Å². The Morgan fingerprint density at radius 1 is 0.958 bits per heavy atom. The summed E-state index contributed by atoms with van der Waals surface area (Å²) >= 11 is 0. The van der Waals surface area contributed by atoms with Gasteiger partial charge in [-0.1, -0.05) is 66.7 Å². The number of allylic oxidation sites excluding steroid dienone is 2. The first-order chi connectivity index (χ1) is 11.8. The minimum Gasteiger partial charge on any atom is -0.465 e. The second kappa shape index (κ2) is 6.20. The standard InChI is InChI=1S/C21H16O3/c22-21-20-17(11-12-23-19(20)14-24-21)13-18(15-7-3-1-4-8-15)16-9-5-2-6-10-16/h1-13,17H,14H2. The van der Waals surface area contributed by atoms with Crippen molar-refractivity contribution in [2.75, 3.05) is 6.61 Å². The molecule has 0 spiro atoms. The minimum absolute atomic E-state index is 0.154. The average molecular weight is 316 g/mol. The molecule has 118 valence electrons. The second-order valence-corrected chi connectivity index (χ2v) is 5.70. The van der Waals surface area contributed by atoms with Gasteiger partial charge < -0.3 is 9.47 Å². The fourth-order valence-electron chi connectivity index (χ4n) is 3.04. The van der Waals surface area contributed by atoms with Crippen LogP contribution in [0.1, 0.15) is 11.1 Å². The maximum atomic E-state index is 12.1. The molecule has 0 bridgehead atoms. The highest BCUT2D eigenvalue weighted by molar-refractivity contribution is 5.94. The van der Waals surface area contributed by atoms with Crippen molar-refractivity contribution in [2.24, 2.45) is 5.92 Å². The van der Waals surface area contributed by atoms with E-state index >= 15 is 0 Å². The molecule has 0 radical (unpaired) electrons. The van der Waals surface area contributed by atoms with Gasteiger partial charge in [-0.3, -0.25) is 0 Å². The Morgan fingerprint density at radius 3 is 2.21 bits per heavy atom. The SMILES string of the molecule is O=C1OCC2=C1C(C=C(c1ccccc1)c1ccccc1)C=CO2. The van der Waals surface area contributed by atoms with Crippen LogP contribution in [-0.2, 0) is 14.3 Å². The highest BCUT2D eigenvalue weighted by atomic mass is 16.6. The maximum absolute atomic E-state index is 12.1. The zero-order chi connectivity index (χ0) is 16.4. The lowest BCUT2D eigenvalue weighted by molar-refractivity contribution is -0.136. The number of ether oxygens (including phenoxy) is 2. The number of esters is 1. The Labute approximate surface area is 140 Å². The predicted molar refractivity (Wildman–Crippen MR) is 91.7 cm³/mol. The number of hydrogen-bond donors (Lipinski definition) is 0. The van der Waals surface area contributed by atoms with Crippen molar-refractivity contribution in [2.45, 2.75) is 0 Å². The van der Waals surface area contributed by atoms with Gasteiger partial charge in [0, 0.05) is 5.92 Å². The van der Waals surface area contributed by atoms with Gasteiger partial charge in [-0.25, -0.2) is 4.79 Å². The van der Waals surface area contributed by atoms with Gasteiger partial charge in [-0.05, 0) is 22.8 Å². The quantitative estimate of drug-likeness (QED) is 0.800. The molecule has 1 atom stereocenters. The molecule has 24 heavy (non-hydrogen) atoms. The third kappa shape index (κ3) is 2.65. The van der Waals surface area contributed by atoms with E-state index in [1.165, 1.54) is 0 Å². The summed E-state index contributed by atoms with van der Waals surface area (Å²) in [6.45, 7) is 0.217. The van der Waals surface area contributed by atoms with Crippen molar-refractivity contribution in [1.82, 2.24) is 0 Å². The van der Waals surface area contributed by atoms with Gasteiger partial charge in [0.25, 0.3) is 0 Å². The van der Waals surface area contributed by atoms with Crippen LogP contribution in [0.4, 0.5) is 0 Å². The normalized spacial score (nSPS) is 18.7. The van der Waals surface area contributed by atoms with Crippen LogP contribution in [0.3, 0.4) is 0 Å². The Morgan fingerprint density at radius 2 is 1.58 bits per heavy atom. The van der Waals surface area contributed by atoms with Crippen molar-refractivity contribution in [3.63, 3.8) is 0 Å². The molecule has 2 heterocycles. The van der Waals surface area contributed by atoms with Crippen molar-refractivity contribution in [3.05, 3.63) is 102 Å². The van der Waals surface area contributed by atoms with E-state index in [0.29, 0.717) is 11.3 Å². The lowest BCUT2D eigenvalue weighted by Gasteiger charge is -2.17. The fourth-order valence-corrected chi connectivity index (χ4v) is 3.04. The number of carbonyl (C=O) groups excluding carboxylic acids is 1. The fraction of sp³-hybridized carbons (Fsp3) is 0.0952. The van der Waals surface area contributed by atoms with E-state index in [9.17, 15) is 4.79 Å². The largest absolute Gasteiger partial charge is 0.465 e. The number of hydrogen-bond acceptors (Lipinski definition) is 3. The van der Waals surface area contributed by atoms with E-state index < -0.39 is 0 Å². The first-order valence-electron chi connectivity index (χ1n) is 7.89. The van der Waals surface area contributed by atoms with Crippen molar-refractivity contribution in [3.8, 4) is 0 Å². The van der Waals surface area contributed by atoms with Gasteiger partial charge in [0.15, 0.2) is 5.76 Å². The lowest BCUT2D eigenvalue weighted by atomic mass is 9.89. The topological polar surface area (TPSA) is 35.5 Å². The van der Waals surface area contributed by atoms with E-state index in [2.05, 4.69) is 30.3 Å². The molecule has 3 heteroatoms. The van der Waals surface area contributed by atoms with E-state index in [-0.39, 0.29) is 18.5 Å². The molecular weight excluding hydrogens is 300 g/mol. The van der Waals surface area contributed by atoms with E-state index in [1.54, 1.807) is 6.26 Å². The molecule has 0 aromatic heterocycles. The van der Waals surface area contributed by atoms with Crippen LogP contribution in [0.2, 0.25) is 0 Å². The first-order valence-corrected chi connectivity index (χ1v) is 7.89. The summed E-state index contributed by atoms with van der Waals surface area (Å²) in [5.41, 5.74) is 3.90. The molecule has 0 fully saturated rings. The zero-order valence-corrected chi connectivity index (χ0v) is 13.0. The van der Waals surface area contributed by atoms with E-state index in [1.807, 2.05) is 42.5 Å². The number of benzene rings is 2. The summed E-state index contributed by atoms with van der Waals surface area (Å²) in [6, 6.07) is 20.3. The molecule has 4 rings (SSSR count). The van der Waals surface area contributed by atoms with Crippen molar-refractivity contribution in [1.29, 1.82) is 0 Å².